The number of carbonyl (C=O) groups is 1. The van der Waals surface area contributed by atoms with Crippen LogP contribution in [0.25, 0.3) is 11.1 Å². The first-order valence-electron chi connectivity index (χ1n) is 11.6. The van der Waals surface area contributed by atoms with Gasteiger partial charge in [-0.2, -0.15) is 5.26 Å². The maximum Gasteiger partial charge on any atom is 0.325 e. The Morgan fingerprint density at radius 1 is 1.00 bits per heavy atom. The topological polar surface area (TPSA) is 99.5 Å². The van der Waals surface area contributed by atoms with Crippen molar-refractivity contribution in [2.45, 2.75) is 37.6 Å². The van der Waals surface area contributed by atoms with Gasteiger partial charge in [0.25, 0.3) is 0 Å². The van der Waals surface area contributed by atoms with Crippen molar-refractivity contribution in [2.75, 3.05) is 25.1 Å². The molecule has 7 nitrogen and oxygen atoms in total. The Hall–Kier alpha value is -3.67. The molecule has 0 aromatic heterocycles. The number of nitriles is 1. The summed E-state index contributed by atoms with van der Waals surface area (Å²) in [5, 5.41) is 9.29. The van der Waals surface area contributed by atoms with E-state index in [2.05, 4.69) is 10.8 Å². The monoisotopic (exact) mass is 505 g/mol. The second-order valence-electron chi connectivity index (χ2n) is 9.42. The van der Waals surface area contributed by atoms with Crippen LogP contribution in [0.2, 0.25) is 0 Å². The van der Waals surface area contributed by atoms with Crippen molar-refractivity contribution in [3.05, 3.63) is 83.9 Å². The van der Waals surface area contributed by atoms with Gasteiger partial charge in [-0.1, -0.05) is 48.5 Å². The summed E-state index contributed by atoms with van der Waals surface area (Å²) >= 11 is 0. The summed E-state index contributed by atoms with van der Waals surface area (Å²) in [6.45, 7) is 5.89. The summed E-state index contributed by atoms with van der Waals surface area (Å²) in [7, 11) is -2.43. The Labute approximate surface area is 213 Å². The van der Waals surface area contributed by atoms with E-state index >= 15 is 0 Å². The molecule has 0 aliphatic heterocycles. The predicted octanol–water partition coefficient (Wildman–Crippen LogP) is 4.52. The third kappa shape index (κ3) is 6.94. The van der Waals surface area contributed by atoms with E-state index in [-0.39, 0.29) is 11.4 Å². The fourth-order valence-corrected chi connectivity index (χ4v) is 5.57. The first kappa shape index (κ1) is 26.9. The van der Waals surface area contributed by atoms with Gasteiger partial charge < -0.3 is 9.64 Å². The summed E-state index contributed by atoms with van der Waals surface area (Å²) in [6.07, 6.45) is 0.533. The number of esters is 1. The second-order valence-corrected chi connectivity index (χ2v) is 11.1. The quantitative estimate of drug-likeness (QED) is 0.429. The van der Waals surface area contributed by atoms with Crippen molar-refractivity contribution in [2.24, 2.45) is 0 Å². The molecule has 1 N–H and O–H groups in total. The molecule has 0 radical (unpaired) electrons. The number of ether oxygens (including phenoxy) is 1. The lowest BCUT2D eigenvalue weighted by Gasteiger charge is -2.25. The minimum absolute atomic E-state index is 0.0218. The molecular formula is C28H31N3O4S. The van der Waals surface area contributed by atoms with Crippen LogP contribution in [-0.2, 0) is 26.0 Å². The second kappa shape index (κ2) is 11.4. The summed E-state index contributed by atoms with van der Waals surface area (Å²) in [6, 6.07) is 23.8. The molecule has 188 valence electrons. The van der Waals surface area contributed by atoms with E-state index < -0.39 is 21.5 Å². The van der Waals surface area contributed by atoms with Crippen LogP contribution in [0.15, 0.2) is 77.7 Å². The molecule has 0 aliphatic carbocycles. The lowest BCUT2D eigenvalue weighted by molar-refractivity contribution is -0.138. The van der Waals surface area contributed by atoms with Crippen molar-refractivity contribution < 1.29 is 17.9 Å². The molecule has 0 spiro atoms. The molecule has 0 unspecified atom stereocenters. The van der Waals surface area contributed by atoms with Gasteiger partial charge in [-0.15, -0.1) is 0 Å². The molecule has 0 saturated heterocycles. The van der Waals surface area contributed by atoms with Gasteiger partial charge in [0.05, 0.1) is 23.6 Å². The number of nitrogens with zero attached hydrogens (tertiary/aromatic N) is 2. The molecule has 3 rings (SSSR count). The Kier molecular flexibility index (Phi) is 8.51. The van der Waals surface area contributed by atoms with E-state index in [4.69, 9.17) is 4.74 Å². The maximum absolute atomic E-state index is 13.2. The zero-order valence-electron chi connectivity index (χ0n) is 21.0. The van der Waals surface area contributed by atoms with Crippen LogP contribution < -0.4 is 9.62 Å². The van der Waals surface area contributed by atoms with E-state index in [1.807, 2.05) is 41.3 Å². The fraction of sp³-hybridized carbons (Fsp3) is 0.286. The van der Waals surface area contributed by atoms with Crippen LogP contribution in [0.3, 0.4) is 0 Å². The average Bonchev–Trinajstić information content (AvgIpc) is 2.85. The summed E-state index contributed by atoms with van der Waals surface area (Å²) in [5.74, 6) is -0.393. The van der Waals surface area contributed by atoms with E-state index in [1.165, 1.54) is 7.11 Å². The lowest BCUT2D eigenvalue weighted by Crippen LogP contribution is -2.40. The molecule has 0 bridgehead atoms. The van der Waals surface area contributed by atoms with Gasteiger partial charge >= 0.3 is 5.97 Å². The van der Waals surface area contributed by atoms with Crippen LogP contribution >= 0.6 is 0 Å². The third-order valence-corrected chi connectivity index (χ3v) is 7.28. The van der Waals surface area contributed by atoms with Crippen molar-refractivity contribution in [1.82, 2.24) is 4.72 Å². The molecule has 3 aromatic carbocycles. The van der Waals surface area contributed by atoms with Crippen molar-refractivity contribution in [3.63, 3.8) is 0 Å². The minimum Gasteiger partial charge on any atom is -0.468 e. The van der Waals surface area contributed by atoms with E-state index in [1.54, 1.807) is 57.2 Å². The molecule has 36 heavy (non-hydrogen) atoms. The number of hydrogen-bond donors (Lipinski definition) is 1. The van der Waals surface area contributed by atoms with E-state index in [0.717, 1.165) is 16.8 Å². The van der Waals surface area contributed by atoms with Gasteiger partial charge in [-0.05, 0) is 62.6 Å². The van der Waals surface area contributed by atoms with Gasteiger partial charge in [0.2, 0.25) is 10.0 Å². The smallest absolute Gasteiger partial charge is 0.325 e. The predicted molar refractivity (Wildman–Crippen MR) is 141 cm³/mol. The Bertz CT molecular complexity index is 1370. The molecule has 0 aliphatic rings. The van der Waals surface area contributed by atoms with Crippen molar-refractivity contribution >= 4 is 21.7 Å². The van der Waals surface area contributed by atoms with Gasteiger partial charge in [-0.3, -0.25) is 4.79 Å². The summed E-state index contributed by atoms with van der Waals surface area (Å²) < 4.78 is 34.1. The summed E-state index contributed by atoms with van der Waals surface area (Å²) in [4.78, 5) is 14.2. The van der Waals surface area contributed by atoms with Crippen LogP contribution in [0, 0.1) is 11.3 Å². The van der Waals surface area contributed by atoms with Crippen molar-refractivity contribution in [3.8, 4) is 17.2 Å². The lowest BCUT2D eigenvalue weighted by atomic mass is 9.97. The third-order valence-electron chi connectivity index (χ3n) is 5.46. The molecular weight excluding hydrogens is 474 g/mol. The molecule has 0 amide bonds. The zero-order chi connectivity index (χ0) is 26.3. The van der Waals surface area contributed by atoms with E-state index in [0.29, 0.717) is 24.1 Å². The molecule has 3 aromatic rings. The van der Waals surface area contributed by atoms with Gasteiger partial charge in [0.1, 0.15) is 6.54 Å². The largest absolute Gasteiger partial charge is 0.468 e. The number of nitrogens with one attached hydrogen (secondary N) is 1. The first-order chi connectivity index (χ1) is 17.0. The summed E-state index contributed by atoms with van der Waals surface area (Å²) in [5.41, 5.74) is 2.94. The van der Waals surface area contributed by atoms with Gasteiger partial charge in [0.15, 0.2) is 0 Å². The van der Waals surface area contributed by atoms with Crippen LogP contribution in [0.5, 0.6) is 0 Å². The Balaban J connectivity index is 1.97. The van der Waals surface area contributed by atoms with Crippen LogP contribution in [0.4, 0.5) is 5.69 Å². The minimum atomic E-state index is -3.77. The van der Waals surface area contributed by atoms with Gasteiger partial charge in [-0.25, -0.2) is 13.1 Å². The highest BCUT2D eigenvalue weighted by molar-refractivity contribution is 7.89. The molecule has 0 fully saturated rings. The van der Waals surface area contributed by atoms with Crippen LogP contribution in [-0.4, -0.2) is 40.1 Å². The SMILES string of the molecule is COC(=O)CN(CCc1ccccc1-c1ccccc1S(=O)(=O)NC(C)(C)C)c1cccc(C#N)c1. The molecule has 0 atom stereocenters. The molecule has 8 heteroatoms. The highest BCUT2D eigenvalue weighted by Crippen LogP contribution is 2.31. The number of methoxy groups -OCH3 is 1. The number of rotatable bonds is 9. The number of benzene rings is 3. The fourth-order valence-electron chi connectivity index (χ4n) is 3.93. The standard InChI is InChI=1S/C28H31N3O4S/c1-28(2,3)30-36(33,34)26-15-8-7-14-25(26)24-13-6-5-11-22(24)16-17-31(20-27(32)35-4)23-12-9-10-21(18-23)19-29/h5-15,18,30H,16-17,20H2,1-4H3. The normalized spacial score (nSPS) is 11.5. The molecule has 0 heterocycles. The Morgan fingerprint density at radius 2 is 1.67 bits per heavy atom. The molecule has 0 saturated carbocycles. The average molecular weight is 506 g/mol. The highest BCUT2D eigenvalue weighted by Gasteiger charge is 2.25. The van der Waals surface area contributed by atoms with E-state index in [9.17, 15) is 18.5 Å². The zero-order valence-corrected chi connectivity index (χ0v) is 21.8. The Morgan fingerprint density at radius 3 is 2.33 bits per heavy atom. The van der Waals surface area contributed by atoms with Gasteiger partial charge in [0, 0.05) is 23.3 Å². The maximum atomic E-state index is 13.2. The van der Waals surface area contributed by atoms with Crippen LogP contribution in [0.1, 0.15) is 31.9 Å². The van der Waals surface area contributed by atoms with Crippen molar-refractivity contribution in [1.29, 1.82) is 5.26 Å². The number of carbonyl (C=O) groups excluding carboxylic acids is 1. The number of hydrogen-bond acceptors (Lipinski definition) is 6. The highest BCUT2D eigenvalue weighted by atomic mass is 32.2. The number of sulfonamides is 1. The first-order valence-corrected chi connectivity index (χ1v) is 13.1. The number of anilines is 1.